The second kappa shape index (κ2) is 19.9. The van der Waals surface area contributed by atoms with E-state index in [1.54, 1.807) is 67.8 Å². The summed E-state index contributed by atoms with van der Waals surface area (Å²) in [6.07, 6.45) is 3.37. The Labute approximate surface area is 307 Å². The molecule has 0 bridgehead atoms. The zero-order valence-electron chi connectivity index (χ0n) is 30.4. The third-order valence-electron chi connectivity index (χ3n) is 9.43. The number of benzene rings is 4. The van der Waals surface area contributed by atoms with Gasteiger partial charge in [0, 0.05) is 37.9 Å². The first-order valence-corrected chi connectivity index (χ1v) is 18.3. The average Bonchev–Trinajstić information content (AvgIpc) is 3.19. The topological polar surface area (TPSA) is 107 Å². The second-order valence-corrected chi connectivity index (χ2v) is 13.4. The Balaban J connectivity index is 1.16. The molecule has 1 aliphatic rings. The molecular weight excluding hydrogens is 656 g/mol. The van der Waals surface area contributed by atoms with Gasteiger partial charge >= 0.3 is 5.97 Å². The van der Waals surface area contributed by atoms with Gasteiger partial charge in [0.15, 0.2) is 0 Å². The van der Waals surface area contributed by atoms with E-state index in [1.807, 2.05) is 24.3 Å². The molecule has 9 nitrogen and oxygen atoms in total. The number of nitrogens with one attached hydrogen (secondary N) is 1. The highest BCUT2D eigenvalue weighted by Gasteiger charge is 2.42. The summed E-state index contributed by atoms with van der Waals surface area (Å²) in [5.41, 5.74) is 1.47. The molecule has 9 heteroatoms. The fourth-order valence-corrected chi connectivity index (χ4v) is 6.40. The Morgan fingerprint density at radius 3 is 2.27 bits per heavy atom. The molecule has 0 aromatic heterocycles. The molecule has 4 aromatic carbocycles. The molecule has 1 fully saturated rings. The number of amides is 1. The number of hydrogen-bond acceptors (Lipinski definition) is 8. The van der Waals surface area contributed by atoms with Crippen LogP contribution < -0.4 is 10.1 Å². The summed E-state index contributed by atoms with van der Waals surface area (Å²) in [6, 6.07) is 33.5. The van der Waals surface area contributed by atoms with Gasteiger partial charge in [-0.05, 0) is 85.6 Å². The number of likely N-dealkylation sites (tertiary alicyclic amines) is 1. The van der Waals surface area contributed by atoms with Crippen molar-refractivity contribution in [1.82, 2.24) is 10.2 Å². The molecular formula is C43H52N2O7. The Kier molecular flexibility index (Phi) is 14.8. The minimum absolute atomic E-state index is 0.0587. The Morgan fingerprint density at radius 2 is 1.58 bits per heavy atom. The quantitative estimate of drug-likeness (QED) is 0.106. The molecule has 4 aromatic rings. The molecule has 2 N–H and O–H groups in total. The summed E-state index contributed by atoms with van der Waals surface area (Å²) in [5.74, 6) is -0.156. The third-order valence-corrected chi connectivity index (χ3v) is 9.43. The number of carbonyl (C=O) groups is 2. The molecule has 1 amide bonds. The van der Waals surface area contributed by atoms with Crippen molar-refractivity contribution in [2.24, 2.45) is 5.92 Å². The van der Waals surface area contributed by atoms with Crippen molar-refractivity contribution >= 4 is 11.9 Å². The summed E-state index contributed by atoms with van der Waals surface area (Å²) in [5, 5.41) is 15.1. The molecule has 1 saturated heterocycles. The lowest BCUT2D eigenvalue weighted by molar-refractivity contribution is -0.164. The van der Waals surface area contributed by atoms with Crippen LogP contribution in [0.4, 0.5) is 0 Å². The fourth-order valence-electron chi connectivity index (χ4n) is 6.40. The molecule has 0 saturated carbocycles. The van der Waals surface area contributed by atoms with Gasteiger partial charge in [0.1, 0.15) is 12.4 Å². The molecule has 0 radical (unpaired) electrons. The normalized spacial score (nSPS) is 15.4. The third kappa shape index (κ3) is 11.0. The van der Waals surface area contributed by atoms with Gasteiger partial charge in [-0.3, -0.25) is 9.69 Å². The van der Waals surface area contributed by atoms with E-state index < -0.39 is 11.6 Å². The summed E-state index contributed by atoms with van der Waals surface area (Å²) in [7, 11) is 1.64. The van der Waals surface area contributed by atoms with Crippen LogP contribution in [0.3, 0.4) is 0 Å². The Bertz CT molecular complexity index is 1660. The van der Waals surface area contributed by atoms with Crippen LogP contribution in [0.2, 0.25) is 0 Å². The molecule has 0 aliphatic carbocycles. The molecule has 52 heavy (non-hydrogen) atoms. The van der Waals surface area contributed by atoms with Gasteiger partial charge in [0.05, 0.1) is 19.3 Å². The highest BCUT2D eigenvalue weighted by atomic mass is 16.6. The summed E-state index contributed by atoms with van der Waals surface area (Å²) in [6.45, 7) is 6.93. The number of aliphatic hydroxyl groups is 1. The van der Waals surface area contributed by atoms with Crippen molar-refractivity contribution < 1.29 is 33.6 Å². The maximum atomic E-state index is 13.8. The van der Waals surface area contributed by atoms with Crippen molar-refractivity contribution in [3.05, 3.63) is 137 Å². The van der Waals surface area contributed by atoms with Gasteiger partial charge in [-0.1, -0.05) is 91.9 Å². The molecule has 276 valence electrons. The van der Waals surface area contributed by atoms with E-state index >= 15 is 0 Å². The van der Waals surface area contributed by atoms with E-state index in [9.17, 15) is 14.7 Å². The van der Waals surface area contributed by atoms with Gasteiger partial charge in [0.2, 0.25) is 5.60 Å². The monoisotopic (exact) mass is 708 g/mol. The molecule has 0 spiro atoms. The minimum Gasteiger partial charge on any atom is -0.489 e. The SMILES string of the molecule is CCCOC(CCNC(=O)c1ccc(COc2cccc([C@@](O)(C(=O)OCC3CCN(Cc4ccccc4)CC3)c3ccccc3)c2)cc1)COC. The number of methoxy groups -OCH3 is 1. The molecule has 1 aliphatic heterocycles. The zero-order valence-corrected chi connectivity index (χ0v) is 30.4. The fraction of sp³-hybridized carbons (Fsp3) is 0.395. The number of carbonyl (C=O) groups excluding carboxylic acids is 2. The number of piperidine rings is 1. The molecule has 1 unspecified atom stereocenters. The first-order valence-electron chi connectivity index (χ1n) is 18.3. The van der Waals surface area contributed by atoms with E-state index in [-0.39, 0.29) is 31.1 Å². The van der Waals surface area contributed by atoms with E-state index in [0.717, 1.165) is 44.5 Å². The van der Waals surface area contributed by atoms with Gasteiger partial charge in [0.25, 0.3) is 5.91 Å². The second-order valence-electron chi connectivity index (χ2n) is 13.4. The Morgan fingerprint density at radius 1 is 0.885 bits per heavy atom. The zero-order chi connectivity index (χ0) is 36.6. The minimum atomic E-state index is -2.02. The largest absolute Gasteiger partial charge is 0.489 e. The summed E-state index contributed by atoms with van der Waals surface area (Å²) in [4.78, 5) is 28.9. The predicted molar refractivity (Wildman–Crippen MR) is 201 cm³/mol. The van der Waals surface area contributed by atoms with Crippen LogP contribution in [0.5, 0.6) is 5.75 Å². The molecule has 2 atom stereocenters. The number of esters is 1. The predicted octanol–water partition coefficient (Wildman–Crippen LogP) is 6.52. The lowest BCUT2D eigenvalue weighted by Gasteiger charge is -2.33. The lowest BCUT2D eigenvalue weighted by Crippen LogP contribution is -2.40. The maximum Gasteiger partial charge on any atom is 0.347 e. The number of rotatable bonds is 19. The standard InChI is InChI=1S/C43H52N2O7/c1-3-27-50-40(32-49-2)21-24-44-41(46)36-19-17-34(18-20-36)30-51-39-16-10-15-38(28-39)43(48,37-13-8-5-9-14-37)42(47)52-31-35-22-25-45(26-23-35)29-33-11-6-4-7-12-33/h4-20,28,35,40,48H,3,21-27,29-32H2,1-2H3,(H,44,46)/t40?,43-/m1/s1. The van der Waals surface area contributed by atoms with Crippen LogP contribution in [0.25, 0.3) is 0 Å². The summed E-state index contributed by atoms with van der Waals surface area (Å²) < 4.78 is 23.0. The van der Waals surface area contributed by atoms with Crippen LogP contribution in [0.1, 0.15) is 65.2 Å². The highest BCUT2D eigenvalue weighted by molar-refractivity contribution is 5.94. The lowest BCUT2D eigenvalue weighted by atomic mass is 9.86. The van der Waals surface area contributed by atoms with Crippen molar-refractivity contribution in [2.75, 3.05) is 46.6 Å². The van der Waals surface area contributed by atoms with E-state index in [1.165, 1.54) is 5.56 Å². The van der Waals surface area contributed by atoms with Crippen molar-refractivity contribution in [1.29, 1.82) is 0 Å². The van der Waals surface area contributed by atoms with Gasteiger partial charge in [-0.15, -0.1) is 0 Å². The van der Waals surface area contributed by atoms with Gasteiger partial charge in [-0.2, -0.15) is 0 Å². The number of nitrogens with zero attached hydrogens (tertiary/aromatic N) is 1. The van der Waals surface area contributed by atoms with Gasteiger partial charge in [-0.25, -0.2) is 4.79 Å². The van der Waals surface area contributed by atoms with Crippen molar-refractivity contribution in [3.63, 3.8) is 0 Å². The highest BCUT2D eigenvalue weighted by Crippen LogP contribution is 2.34. The van der Waals surface area contributed by atoms with Crippen LogP contribution in [-0.2, 0) is 37.8 Å². The van der Waals surface area contributed by atoms with Crippen LogP contribution in [0.15, 0.2) is 109 Å². The van der Waals surface area contributed by atoms with Gasteiger partial charge < -0.3 is 29.4 Å². The molecule has 5 rings (SSSR count). The molecule has 1 heterocycles. The maximum absolute atomic E-state index is 13.8. The van der Waals surface area contributed by atoms with E-state index in [0.29, 0.717) is 48.6 Å². The van der Waals surface area contributed by atoms with E-state index in [2.05, 4.69) is 41.4 Å². The van der Waals surface area contributed by atoms with E-state index in [4.69, 9.17) is 18.9 Å². The first-order chi connectivity index (χ1) is 25.4. The van der Waals surface area contributed by atoms with Crippen LogP contribution >= 0.6 is 0 Å². The Hall–Kier alpha value is -4.54. The number of ether oxygens (including phenoxy) is 4. The smallest absolute Gasteiger partial charge is 0.347 e. The summed E-state index contributed by atoms with van der Waals surface area (Å²) >= 11 is 0. The average molecular weight is 709 g/mol. The van der Waals surface area contributed by atoms with Crippen LogP contribution in [0, 0.1) is 5.92 Å². The van der Waals surface area contributed by atoms with Crippen molar-refractivity contribution in [3.8, 4) is 5.75 Å². The number of hydrogen-bond donors (Lipinski definition) is 2. The first kappa shape index (κ1) is 38.7. The van der Waals surface area contributed by atoms with Crippen molar-refractivity contribution in [2.45, 2.75) is 57.5 Å². The van der Waals surface area contributed by atoms with Crippen LogP contribution in [-0.4, -0.2) is 74.6 Å².